The maximum Gasteiger partial charge on any atom is 0.329 e. The van der Waals surface area contributed by atoms with Crippen LogP contribution in [0.15, 0.2) is 0 Å². The average Bonchev–Trinajstić information content (AvgIpc) is 3.24. The molecule has 0 aromatic heterocycles. The third-order valence-electron chi connectivity index (χ3n) is 10.3. The highest BCUT2D eigenvalue weighted by Crippen LogP contribution is 2.17. The monoisotopic (exact) mass is 1010 g/mol. The Morgan fingerprint density at radius 1 is 0.500 bits per heavy atom. The standard InChI is InChI=1S/C52H94N4O13S/c1-12-14-16-17-18-19-20-21-22-23-24-25-27-28-43(58)65-35-38(66-44(59)29-26-15-13-2)36-70-37-39(53)47(62)54-34-42(57)55-40(30-32-45(60)67-50(3,4)5)48(63)56-41(49(64)69-52(9,10)11)31-33-46(61)68-51(6,7)8/h38-41H,12-37,53H2,1-11H3,(H,54,62)(H,55,57)(H,56,63)/t38-,39+,40+,41+/m1/s1. The minimum atomic E-state index is -1.38. The summed E-state index contributed by atoms with van der Waals surface area (Å²) in [5, 5.41) is 7.53. The maximum absolute atomic E-state index is 13.7. The van der Waals surface area contributed by atoms with Crippen LogP contribution in [0.1, 0.15) is 217 Å². The van der Waals surface area contributed by atoms with Crippen molar-refractivity contribution < 1.29 is 62.0 Å². The normalized spacial score (nSPS) is 13.5. The third-order valence-corrected chi connectivity index (χ3v) is 11.5. The van der Waals surface area contributed by atoms with Gasteiger partial charge in [-0.2, -0.15) is 11.8 Å². The van der Waals surface area contributed by atoms with E-state index >= 15 is 0 Å². The van der Waals surface area contributed by atoms with Gasteiger partial charge in [0.2, 0.25) is 17.7 Å². The molecule has 0 bridgehead atoms. The lowest BCUT2D eigenvalue weighted by atomic mass is 10.0. The van der Waals surface area contributed by atoms with Gasteiger partial charge in [0, 0.05) is 37.2 Å². The SMILES string of the molecule is CCCCCCCCCCCCCCCC(=O)OC[C@H](CSC[C@H](N)C(=O)NCC(=O)N[C@@H](CCC(=O)OC(C)(C)C)C(=O)N[C@@H](CCC(=O)OC(C)(C)C)C(=O)OC(C)(C)C)OC(=O)CCCCC. The molecule has 0 radical (unpaired) electrons. The molecule has 18 heteroatoms. The quantitative estimate of drug-likeness (QED) is 0.0258. The fourth-order valence-electron chi connectivity index (χ4n) is 6.84. The molecule has 0 unspecified atom stereocenters. The van der Waals surface area contributed by atoms with Crippen molar-refractivity contribution in [2.75, 3.05) is 24.7 Å². The molecule has 5 N–H and O–H groups in total. The summed E-state index contributed by atoms with van der Waals surface area (Å²) in [7, 11) is 0. The number of nitrogens with one attached hydrogen (secondary N) is 3. The van der Waals surface area contributed by atoms with E-state index in [9.17, 15) is 38.4 Å². The Balaban J connectivity index is 5.42. The van der Waals surface area contributed by atoms with Gasteiger partial charge in [0.25, 0.3) is 0 Å². The lowest BCUT2D eigenvalue weighted by Crippen LogP contribution is -2.54. The fraction of sp³-hybridized carbons (Fsp3) is 0.846. The van der Waals surface area contributed by atoms with Gasteiger partial charge in [-0.25, -0.2) is 4.79 Å². The number of nitrogens with two attached hydrogens (primary N) is 1. The van der Waals surface area contributed by atoms with Crippen LogP contribution in [0.25, 0.3) is 0 Å². The van der Waals surface area contributed by atoms with E-state index in [1.54, 1.807) is 62.3 Å². The summed E-state index contributed by atoms with van der Waals surface area (Å²) >= 11 is 1.22. The summed E-state index contributed by atoms with van der Waals surface area (Å²) in [6.07, 6.45) is 16.8. The van der Waals surface area contributed by atoms with Crippen LogP contribution in [0.5, 0.6) is 0 Å². The highest BCUT2D eigenvalue weighted by atomic mass is 32.2. The predicted molar refractivity (Wildman–Crippen MR) is 273 cm³/mol. The Morgan fingerprint density at radius 2 is 0.943 bits per heavy atom. The number of hydrogen-bond acceptors (Lipinski definition) is 15. The molecule has 0 aliphatic rings. The molecular weight excluding hydrogens is 921 g/mol. The largest absolute Gasteiger partial charge is 0.462 e. The van der Waals surface area contributed by atoms with Crippen LogP contribution in [0.3, 0.4) is 0 Å². The van der Waals surface area contributed by atoms with E-state index in [-0.39, 0.29) is 62.6 Å². The average molecular weight is 1020 g/mol. The van der Waals surface area contributed by atoms with Crippen molar-refractivity contribution in [3.8, 4) is 0 Å². The zero-order chi connectivity index (χ0) is 53.2. The van der Waals surface area contributed by atoms with Crippen LogP contribution in [0.2, 0.25) is 0 Å². The predicted octanol–water partition coefficient (Wildman–Crippen LogP) is 8.23. The fourth-order valence-corrected chi connectivity index (χ4v) is 7.81. The van der Waals surface area contributed by atoms with Crippen LogP contribution < -0.4 is 21.7 Å². The van der Waals surface area contributed by atoms with Crippen LogP contribution in [0.4, 0.5) is 0 Å². The number of rotatable bonds is 38. The summed E-state index contributed by atoms with van der Waals surface area (Å²) in [4.78, 5) is 104. The number of carbonyl (C=O) groups is 8. The van der Waals surface area contributed by atoms with Crippen molar-refractivity contribution in [1.82, 2.24) is 16.0 Å². The molecular formula is C52H94N4O13S. The van der Waals surface area contributed by atoms with Crippen LogP contribution in [-0.4, -0.2) is 113 Å². The van der Waals surface area contributed by atoms with E-state index in [1.165, 1.54) is 69.5 Å². The Bertz CT molecular complexity index is 1560. The molecule has 0 aromatic carbocycles. The number of ether oxygens (including phenoxy) is 5. The number of hydrogen-bond donors (Lipinski definition) is 4. The van der Waals surface area contributed by atoms with Crippen molar-refractivity contribution in [3.63, 3.8) is 0 Å². The van der Waals surface area contributed by atoms with Gasteiger partial charge in [-0.1, -0.05) is 104 Å². The van der Waals surface area contributed by atoms with Crippen molar-refractivity contribution in [2.45, 2.75) is 258 Å². The molecule has 0 aromatic rings. The Labute approximate surface area is 424 Å². The van der Waals surface area contributed by atoms with Crippen molar-refractivity contribution in [3.05, 3.63) is 0 Å². The smallest absolute Gasteiger partial charge is 0.329 e. The molecule has 0 spiro atoms. The van der Waals surface area contributed by atoms with Gasteiger partial charge in [-0.3, -0.25) is 33.6 Å². The van der Waals surface area contributed by atoms with Gasteiger partial charge in [-0.05, 0) is 88.0 Å². The third kappa shape index (κ3) is 38.8. The van der Waals surface area contributed by atoms with Gasteiger partial charge in [0.05, 0.1) is 12.6 Å². The highest BCUT2D eigenvalue weighted by Gasteiger charge is 2.32. The van der Waals surface area contributed by atoms with E-state index in [4.69, 9.17) is 29.4 Å². The molecule has 0 saturated carbocycles. The van der Waals surface area contributed by atoms with Crippen LogP contribution >= 0.6 is 11.8 Å². The van der Waals surface area contributed by atoms with Crippen LogP contribution in [0, 0.1) is 0 Å². The van der Waals surface area contributed by atoms with Crippen LogP contribution in [-0.2, 0) is 62.0 Å². The first-order valence-electron chi connectivity index (χ1n) is 26.0. The number of carbonyl (C=O) groups excluding carboxylic acids is 8. The van der Waals surface area contributed by atoms with Crippen molar-refractivity contribution in [2.24, 2.45) is 5.73 Å². The molecule has 0 aliphatic heterocycles. The summed E-state index contributed by atoms with van der Waals surface area (Å²) in [5.41, 5.74) is 3.64. The molecule has 0 aliphatic carbocycles. The van der Waals surface area contributed by atoms with Crippen molar-refractivity contribution >= 4 is 59.3 Å². The Morgan fingerprint density at radius 3 is 1.44 bits per heavy atom. The summed E-state index contributed by atoms with van der Waals surface area (Å²) in [5.74, 6) is -4.88. The Hall–Kier alpha value is -3.93. The summed E-state index contributed by atoms with van der Waals surface area (Å²) in [6.45, 7) is 18.6. The lowest BCUT2D eigenvalue weighted by Gasteiger charge is -2.27. The number of thioether (sulfide) groups is 1. The van der Waals surface area contributed by atoms with Crippen molar-refractivity contribution in [1.29, 1.82) is 0 Å². The molecule has 17 nitrogen and oxygen atoms in total. The zero-order valence-electron chi connectivity index (χ0n) is 45.0. The van der Waals surface area contributed by atoms with E-state index in [1.807, 2.05) is 6.92 Å². The van der Waals surface area contributed by atoms with Gasteiger partial charge in [-0.15, -0.1) is 0 Å². The molecule has 0 rings (SSSR count). The molecule has 0 heterocycles. The van der Waals surface area contributed by atoms with Gasteiger partial charge in [0.15, 0.2) is 0 Å². The first-order valence-corrected chi connectivity index (χ1v) is 27.1. The molecule has 406 valence electrons. The maximum atomic E-state index is 13.7. The second-order valence-electron chi connectivity index (χ2n) is 21.1. The molecule has 0 fully saturated rings. The van der Waals surface area contributed by atoms with Gasteiger partial charge in [0.1, 0.15) is 41.6 Å². The molecule has 0 saturated heterocycles. The lowest BCUT2D eigenvalue weighted by molar-refractivity contribution is -0.161. The Kier molecular flexibility index (Phi) is 34.8. The summed E-state index contributed by atoms with van der Waals surface area (Å²) < 4.78 is 27.4. The zero-order valence-corrected chi connectivity index (χ0v) is 45.8. The second kappa shape index (κ2) is 36.9. The first kappa shape index (κ1) is 66.1. The minimum Gasteiger partial charge on any atom is -0.462 e. The topological polar surface area (TPSA) is 245 Å². The van der Waals surface area contributed by atoms with E-state index in [2.05, 4.69) is 22.9 Å². The molecule has 3 amide bonds. The molecule has 70 heavy (non-hydrogen) atoms. The summed E-state index contributed by atoms with van der Waals surface area (Å²) in [6, 6.07) is -3.79. The molecule has 4 atom stereocenters. The van der Waals surface area contributed by atoms with E-state index in [0.717, 1.165) is 38.5 Å². The second-order valence-corrected chi connectivity index (χ2v) is 22.1. The first-order chi connectivity index (χ1) is 32.7. The number of amides is 3. The number of unbranched alkanes of at least 4 members (excludes halogenated alkanes) is 14. The van der Waals surface area contributed by atoms with Gasteiger partial charge >= 0.3 is 29.8 Å². The van der Waals surface area contributed by atoms with E-state index < -0.39 is 89.2 Å². The van der Waals surface area contributed by atoms with Gasteiger partial charge < -0.3 is 45.4 Å². The number of esters is 5. The van der Waals surface area contributed by atoms with E-state index in [0.29, 0.717) is 6.42 Å². The highest BCUT2D eigenvalue weighted by molar-refractivity contribution is 7.99. The minimum absolute atomic E-state index is 0.0700.